The first-order valence-electron chi connectivity index (χ1n) is 13.1. The van der Waals surface area contributed by atoms with E-state index in [1.54, 1.807) is 9.91 Å². The van der Waals surface area contributed by atoms with Crippen LogP contribution in [0.5, 0.6) is 0 Å². The number of rotatable bonds is 9. The summed E-state index contributed by atoms with van der Waals surface area (Å²) in [6, 6.07) is 18.5. The largest absolute Gasteiger partial charge is 0.369 e. The normalized spacial score (nSPS) is 17.8. The van der Waals surface area contributed by atoms with Gasteiger partial charge in [-0.05, 0) is 49.6 Å². The van der Waals surface area contributed by atoms with Gasteiger partial charge in [0.15, 0.2) is 0 Å². The number of piperazine rings is 1. The van der Waals surface area contributed by atoms with E-state index in [-0.39, 0.29) is 23.9 Å². The molecule has 36 heavy (non-hydrogen) atoms. The SMILES string of the molecule is CC(C)CNC(=O)C(CN1CCN(c2ccc(N3CNN(C(C)C)C3=O)cc2)CC1)c1ccccc1. The summed E-state index contributed by atoms with van der Waals surface area (Å²) in [5.74, 6) is 0.358. The fourth-order valence-electron chi connectivity index (χ4n) is 4.76. The smallest absolute Gasteiger partial charge is 0.340 e. The Kier molecular flexibility index (Phi) is 8.48. The number of urea groups is 1. The van der Waals surface area contributed by atoms with E-state index < -0.39 is 0 Å². The van der Waals surface area contributed by atoms with Crippen LogP contribution in [-0.4, -0.2) is 73.8 Å². The number of carbonyl (C=O) groups is 2. The molecule has 0 aliphatic carbocycles. The molecule has 2 heterocycles. The highest BCUT2D eigenvalue weighted by Crippen LogP contribution is 2.25. The van der Waals surface area contributed by atoms with Crippen molar-refractivity contribution in [1.82, 2.24) is 20.7 Å². The zero-order valence-electron chi connectivity index (χ0n) is 22.0. The van der Waals surface area contributed by atoms with Gasteiger partial charge in [-0.2, -0.15) is 0 Å². The summed E-state index contributed by atoms with van der Waals surface area (Å²) in [5.41, 5.74) is 6.28. The van der Waals surface area contributed by atoms with Crippen molar-refractivity contribution in [3.8, 4) is 0 Å². The molecule has 0 saturated carbocycles. The Labute approximate surface area is 215 Å². The minimum atomic E-state index is -0.173. The van der Waals surface area contributed by atoms with Crippen molar-refractivity contribution in [2.45, 2.75) is 39.7 Å². The minimum Gasteiger partial charge on any atom is -0.369 e. The Morgan fingerprint density at radius 2 is 1.56 bits per heavy atom. The monoisotopic (exact) mass is 492 g/mol. The summed E-state index contributed by atoms with van der Waals surface area (Å²) < 4.78 is 0. The highest BCUT2D eigenvalue weighted by Gasteiger charge is 2.31. The van der Waals surface area contributed by atoms with Gasteiger partial charge < -0.3 is 10.2 Å². The Morgan fingerprint density at radius 3 is 2.14 bits per heavy atom. The van der Waals surface area contributed by atoms with Crippen LogP contribution in [0.3, 0.4) is 0 Å². The molecule has 1 atom stereocenters. The molecule has 194 valence electrons. The second-order valence-electron chi connectivity index (χ2n) is 10.4. The molecule has 8 heteroatoms. The lowest BCUT2D eigenvalue weighted by Crippen LogP contribution is -2.49. The lowest BCUT2D eigenvalue weighted by Gasteiger charge is -2.37. The highest BCUT2D eigenvalue weighted by molar-refractivity contribution is 5.93. The molecule has 2 fully saturated rings. The molecule has 2 N–H and O–H groups in total. The Balaban J connectivity index is 1.34. The van der Waals surface area contributed by atoms with Gasteiger partial charge in [-0.15, -0.1) is 0 Å². The van der Waals surface area contributed by atoms with E-state index in [2.05, 4.69) is 58.7 Å². The first kappa shape index (κ1) is 26.0. The fourth-order valence-corrected chi connectivity index (χ4v) is 4.76. The van der Waals surface area contributed by atoms with Crippen LogP contribution in [0.2, 0.25) is 0 Å². The van der Waals surface area contributed by atoms with Crippen LogP contribution in [0.25, 0.3) is 0 Å². The molecule has 0 bridgehead atoms. The molecule has 2 saturated heterocycles. The third-order valence-electron chi connectivity index (χ3n) is 6.90. The standard InChI is InChI=1S/C28H40N6O2/c1-21(2)18-29-27(35)26(23-8-6-5-7-9-23)19-31-14-16-32(17-15-31)24-10-12-25(13-11-24)33-20-30-34(22(3)4)28(33)36/h5-13,21-22,26,30H,14-20H2,1-4H3,(H,29,35). The van der Waals surface area contributed by atoms with Crippen molar-refractivity contribution in [3.05, 3.63) is 60.2 Å². The predicted molar refractivity (Wildman–Crippen MR) is 145 cm³/mol. The maximum Gasteiger partial charge on any atom is 0.340 e. The summed E-state index contributed by atoms with van der Waals surface area (Å²) >= 11 is 0. The number of carbonyl (C=O) groups excluding carboxylic acids is 2. The van der Waals surface area contributed by atoms with Gasteiger partial charge in [0.2, 0.25) is 5.91 Å². The average molecular weight is 493 g/mol. The number of amides is 3. The van der Waals surface area contributed by atoms with Gasteiger partial charge in [0.25, 0.3) is 0 Å². The Bertz CT molecular complexity index is 1000. The zero-order chi connectivity index (χ0) is 25.7. The number of anilines is 2. The van der Waals surface area contributed by atoms with Gasteiger partial charge in [0, 0.05) is 56.7 Å². The van der Waals surface area contributed by atoms with E-state index in [0.29, 0.717) is 19.1 Å². The fraction of sp³-hybridized carbons (Fsp3) is 0.500. The van der Waals surface area contributed by atoms with Crippen LogP contribution in [-0.2, 0) is 4.79 Å². The second-order valence-corrected chi connectivity index (χ2v) is 10.4. The van der Waals surface area contributed by atoms with Crippen LogP contribution in [0.4, 0.5) is 16.2 Å². The number of hydrogen-bond donors (Lipinski definition) is 2. The van der Waals surface area contributed by atoms with Crippen LogP contribution < -0.4 is 20.5 Å². The Morgan fingerprint density at radius 1 is 0.917 bits per heavy atom. The maximum absolute atomic E-state index is 13.0. The number of hydrazine groups is 1. The van der Waals surface area contributed by atoms with Gasteiger partial charge >= 0.3 is 6.03 Å². The van der Waals surface area contributed by atoms with E-state index in [0.717, 1.165) is 49.7 Å². The third-order valence-corrected chi connectivity index (χ3v) is 6.90. The number of nitrogens with zero attached hydrogens (tertiary/aromatic N) is 4. The van der Waals surface area contributed by atoms with Crippen molar-refractivity contribution >= 4 is 23.3 Å². The van der Waals surface area contributed by atoms with E-state index in [4.69, 9.17) is 0 Å². The molecule has 1 unspecified atom stereocenters. The molecule has 0 spiro atoms. The molecule has 2 aliphatic heterocycles. The first-order valence-corrected chi connectivity index (χ1v) is 13.1. The summed E-state index contributed by atoms with van der Waals surface area (Å²) in [4.78, 5) is 32.2. The molecule has 2 aromatic rings. The van der Waals surface area contributed by atoms with Crippen LogP contribution in [0, 0.1) is 5.92 Å². The molecule has 2 aliphatic rings. The summed E-state index contributed by atoms with van der Waals surface area (Å²) in [6.07, 6.45) is 0. The lowest BCUT2D eigenvalue weighted by molar-refractivity contribution is -0.123. The van der Waals surface area contributed by atoms with Crippen molar-refractivity contribution in [2.24, 2.45) is 5.92 Å². The number of benzene rings is 2. The molecule has 0 aromatic heterocycles. The molecule has 8 nitrogen and oxygen atoms in total. The quantitative estimate of drug-likeness (QED) is 0.561. The van der Waals surface area contributed by atoms with E-state index in [1.807, 2.05) is 44.2 Å². The molecular formula is C28H40N6O2. The van der Waals surface area contributed by atoms with Gasteiger partial charge in [0.1, 0.15) is 0 Å². The van der Waals surface area contributed by atoms with Gasteiger partial charge in [-0.3, -0.25) is 19.6 Å². The van der Waals surface area contributed by atoms with Crippen LogP contribution >= 0.6 is 0 Å². The van der Waals surface area contributed by atoms with Gasteiger partial charge in [0.05, 0.1) is 12.6 Å². The number of hydrogen-bond acceptors (Lipinski definition) is 5. The summed E-state index contributed by atoms with van der Waals surface area (Å²) in [6.45, 7) is 13.7. The van der Waals surface area contributed by atoms with E-state index in [1.165, 1.54) is 0 Å². The molecular weight excluding hydrogens is 452 g/mol. The minimum absolute atomic E-state index is 0.0169. The first-order chi connectivity index (χ1) is 17.3. The van der Waals surface area contributed by atoms with Gasteiger partial charge in [-0.1, -0.05) is 44.2 Å². The topological polar surface area (TPSA) is 71.2 Å². The van der Waals surface area contributed by atoms with Gasteiger partial charge in [-0.25, -0.2) is 10.2 Å². The van der Waals surface area contributed by atoms with Crippen LogP contribution in [0.15, 0.2) is 54.6 Å². The van der Waals surface area contributed by atoms with Crippen LogP contribution in [0.1, 0.15) is 39.2 Å². The highest BCUT2D eigenvalue weighted by atomic mass is 16.2. The predicted octanol–water partition coefficient (Wildman–Crippen LogP) is 3.48. The number of nitrogens with one attached hydrogen (secondary N) is 2. The molecule has 4 rings (SSSR count). The lowest BCUT2D eigenvalue weighted by atomic mass is 9.97. The second kappa shape index (κ2) is 11.8. The third kappa shape index (κ3) is 6.17. The van der Waals surface area contributed by atoms with Crippen molar-refractivity contribution in [3.63, 3.8) is 0 Å². The van der Waals surface area contributed by atoms with Crippen molar-refractivity contribution in [1.29, 1.82) is 0 Å². The van der Waals surface area contributed by atoms with E-state index in [9.17, 15) is 9.59 Å². The molecule has 3 amide bonds. The zero-order valence-corrected chi connectivity index (χ0v) is 22.0. The van der Waals surface area contributed by atoms with Crippen molar-refractivity contribution in [2.75, 3.05) is 55.7 Å². The van der Waals surface area contributed by atoms with E-state index >= 15 is 0 Å². The Hall–Kier alpha value is -3.10. The summed E-state index contributed by atoms with van der Waals surface area (Å²) in [5, 5.41) is 4.80. The molecule has 2 aromatic carbocycles. The summed E-state index contributed by atoms with van der Waals surface area (Å²) in [7, 11) is 0. The average Bonchev–Trinajstić information content (AvgIpc) is 3.28. The maximum atomic E-state index is 13.0. The molecule has 0 radical (unpaired) electrons. The van der Waals surface area contributed by atoms with Crippen molar-refractivity contribution < 1.29 is 9.59 Å².